The molecule has 24 heavy (non-hydrogen) atoms. The fraction of sp³-hybridized carbons (Fsp3) is 0.467. The molecule has 3 rings (SSSR count). The second kappa shape index (κ2) is 7.52. The number of carbonyl (C=O) groups excluding carboxylic acids is 2. The highest BCUT2D eigenvalue weighted by atomic mass is 32.2. The van der Waals surface area contributed by atoms with Crippen LogP contribution in [0.1, 0.15) is 25.7 Å². The van der Waals surface area contributed by atoms with E-state index in [1.54, 1.807) is 30.0 Å². The third-order valence-electron chi connectivity index (χ3n) is 3.85. The van der Waals surface area contributed by atoms with Gasteiger partial charge in [-0.05, 0) is 25.0 Å². The van der Waals surface area contributed by atoms with E-state index < -0.39 is 6.03 Å². The molecule has 1 saturated carbocycles. The van der Waals surface area contributed by atoms with Crippen LogP contribution in [-0.2, 0) is 11.8 Å². The fourth-order valence-electron chi connectivity index (χ4n) is 2.65. The minimum Gasteiger partial charge on any atom is -0.461 e. The Hall–Kier alpha value is -2.29. The van der Waals surface area contributed by atoms with Gasteiger partial charge in [0.15, 0.2) is 16.7 Å². The number of amides is 3. The minimum atomic E-state index is -0.429. The van der Waals surface area contributed by atoms with Crippen LogP contribution < -0.4 is 10.6 Å². The second-order valence-corrected chi connectivity index (χ2v) is 6.58. The summed E-state index contributed by atoms with van der Waals surface area (Å²) >= 11 is 1.21. The van der Waals surface area contributed by atoms with E-state index in [0.717, 1.165) is 25.7 Å². The Bertz CT molecular complexity index is 707. The van der Waals surface area contributed by atoms with Crippen molar-refractivity contribution < 1.29 is 14.0 Å². The quantitative estimate of drug-likeness (QED) is 0.800. The summed E-state index contributed by atoms with van der Waals surface area (Å²) in [6.45, 7) is 0. The van der Waals surface area contributed by atoms with E-state index in [0.29, 0.717) is 16.7 Å². The summed E-state index contributed by atoms with van der Waals surface area (Å²) in [4.78, 5) is 23.6. The Kier molecular flexibility index (Phi) is 5.19. The van der Waals surface area contributed by atoms with Crippen molar-refractivity contribution >= 4 is 23.7 Å². The summed E-state index contributed by atoms with van der Waals surface area (Å²) in [5, 5.41) is 13.8. The molecule has 0 unspecified atom stereocenters. The molecule has 128 valence electrons. The van der Waals surface area contributed by atoms with E-state index in [9.17, 15) is 9.59 Å². The molecule has 0 spiro atoms. The molecule has 9 heteroatoms. The van der Waals surface area contributed by atoms with E-state index in [2.05, 4.69) is 20.8 Å². The minimum absolute atomic E-state index is 0.0855. The first kappa shape index (κ1) is 16.6. The first-order chi connectivity index (χ1) is 11.6. The summed E-state index contributed by atoms with van der Waals surface area (Å²) in [7, 11) is 1.80. The van der Waals surface area contributed by atoms with E-state index in [4.69, 9.17) is 4.42 Å². The molecule has 0 bridgehead atoms. The van der Waals surface area contributed by atoms with Crippen molar-refractivity contribution in [2.75, 3.05) is 5.75 Å². The molecular formula is C15H19N5O3S. The molecular weight excluding hydrogens is 330 g/mol. The average Bonchev–Trinajstić information content (AvgIpc) is 3.27. The third-order valence-corrected chi connectivity index (χ3v) is 4.87. The highest BCUT2D eigenvalue weighted by molar-refractivity contribution is 7.99. The van der Waals surface area contributed by atoms with Crippen LogP contribution >= 0.6 is 11.8 Å². The molecule has 0 aromatic carbocycles. The normalized spacial score (nSPS) is 14.7. The first-order valence-corrected chi connectivity index (χ1v) is 8.78. The molecule has 2 aromatic heterocycles. The lowest BCUT2D eigenvalue weighted by atomic mass is 10.2. The van der Waals surface area contributed by atoms with Gasteiger partial charge in [-0.15, -0.1) is 10.2 Å². The topological polar surface area (TPSA) is 102 Å². The van der Waals surface area contributed by atoms with Gasteiger partial charge >= 0.3 is 6.03 Å². The Morgan fingerprint density at radius 2 is 2.17 bits per heavy atom. The lowest BCUT2D eigenvalue weighted by molar-refractivity contribution is -0.117. The summed E-state index contributed by atoms with van der Waals surface area (Å²) in [5.41, 5.74) is 0. The van der Waals surface area contributed by atoms with Crippen molar-refractivity contribution in [1.29, 1.82) is 0 Å². The first-order valence-electron chi connectivity index (χ1n) is 7.80. The number of carbonyl (C=O) groups is 2. The van der Waals surface area contributed by atoms with Crippen LogP contribution in [0.25, 0.3) is 11.6 Å². The van der Waals surface area contributed by atoms with Gasteiger partial charge in [0.05, 0.1) is 12.0 Å². The Balaban J connectivity index is 1.48. The molecule has 3 amide bonds. The molecule has 2 N–H and O–H groups in total. The summed E-state index contributed by atoms with van der Waals surface area (Å²) < 4.78 is 7.04. The van der Waals surface area contributed by atoms with Crippen LogP contribution in [0.2, 0.25) is 0 Å². The van der Waals surface area contributed by atoms with Gasteiger partial charge in [-0.1, -0.05) is 24.6 Å². The number of nitrogens with one attached hydrogen (secondary N) is 2. The SMILES string of the molecule is Cn1c(SCC(=O)NC(=O)NC2CCCC2)nnc1-c1ccco1. The zero-order chi connectivity index (χ0) is 16.9. The number of furan rings is 1. The number of imide groups is 1. The number of aromatic nitrogens is 3. The Morgan fingerprint density at radius 1 is 1.38 bits per heavy atom. The van der Waals surface area contributed by atoms with Gasteiger partial charge in [-0.25, -0.2) is 4.79 Å². The standard InChI is InChI=1S/C15H19N5O3S/c1-20-13(11-7-4-8-23-11)18-19-15(20)24-9-12(21)17-14(22)16-10-5-2-3-6-10/h4,7-8,10H,2-3,5-6,9H2,1H3,(H2,16,17,21,22). The van der Waals surface area contributed by atoms with Crippen LogP contribution in [0, 0.1) is 0 Å². The maximum absolute atomic E-state index is 11.9. The molecule has 1 aliphatic carbocycles. The number of hydrogen-bond donors (Lipinski definition) is 2. The lowest BCUT2D eigenvalue weighted by Crippen LogP contribution is -2.44. The number of nitrogens with zero attached hydrogens (tertiary/aromatic N) is 3. The maximum atomic E-state index is 11.9. The smallest absolute Gasteiger partial charge is 0.321 e. The van der Waals surface area contributed by atoms with E-state index >= 15 is 0 Å². The van der Waals surface area contributed by atoms with Crippen LogP contribution in [0.3, 0.4) is 0 Å². The molecule has 0 atom stereocenters. The highest BCUT2D eigenvalue weighted by Crippen LogP contribution is 2.22. The van der Waals surface area contributed by atoms with Crippen molar-refractivity contribution in [2.45, 2.75) is 36.9 Å². The number of thioether (sulfide) groups is 1. The molecule has 1 fully saturated rings. The summed E-state index contributed by atoms with van der Waals surface area (Å²) in [5.74, 6) is 0.916. The largest absolute Gasteiger partial charge is 0.461 e. The van der Waals surface area contributed by atoms with E-state index in [1.807, 2.05) is 0 Å². The molecule has 8 nitrogen and oxygen atoms in total. The predicted molar refractivity (Wildman–Crippen MR) is 88.4 cm³/mol. The zero-order valence-corrected chi connectivity index (χ0v) is 14.1. The summed E-state index contributed by atoms with van der Waals surface area (Å²) in [6.07, 6.45) is 5.76. The molecule has 1 aliphatic rings. The summed E-state index contributed by atoms with van der Waals surface area (Å²) in [6, 6.07) is 3.31. The molecule has 0 aliphatic heterocycles. The number of urea groups is 1. The van der Waals surface area contributed by atoms with Crippen molar-refractivity contribution in [3.8, 4) is 11.6 Å². The van der Waals surface area contributed by atoms with Crippen molar-refractivity contribution in [2.24, 2.45) is 7.05 Å². The number of rotatable bonds is 5. The van der Waals surface area contributed by atoms with Crippen molar-refractivity contribution in [3.05, 3.63) is 18.4 Å². The van der Waals surface area contributed by atoms with Gasteiger partial charge in [0, 0.05) is 13.1 Å². The van der Waals surface area contributed by atoms with Crippen LogP contribution in [0.4, 0.5) is 4.79 Å². The molecule has 2 aromatic rings. The highest BCUT2D eigenvalue weighted by Gasteiger charge is 2.19. The lowest BCUT2D eigenvalue weighted by Gasteiger charge is -2.11. The Labute approximate surface area is 143 Å². The van der Waals surface area contributed by atoms with Gasteiger partial charge in [0.2, 0.25) is 5.91 Å². The maximum Gasteiger partial charge on any atom is 0.321 e. The van der Waals surface area contributed by atoms with Gasteiger partial charge in [-0.2, -0.15) is 0 Å². The van der Waals surface area contributed by atoms with E-state index in [1.165, 1.54) is 11.8 Å². The molecule has 0 saturated heterocycles. The van der Waals surface area contributed by atoms with Crippen molar-refractivity contribution in [3.63, 3.8) is 0 Å². The van der Waals surface area contributed by atoms with Gasteiger partial charge in [0.25, 0.3) is 0 Å². The van der Waals surface area contributed by atoms with Gasteiger partial charge in [0.1, 0.15) is 0 Å². The van der Waals surface area contributed by atoms with Gasteiger partial charge in [-0.3, -0.25) is 10.1 Å². The fourth-order valence-corrected chi connectivity index (χ4v) is 3.36. The Morgan fingerprint density at radius 3 is 2.88 bits per heavy atom. The predicted octanol–water partition coefficient (Wildman–Crippen LogP) is 1.94. The third kappa shape index (κ3) is 3.97. The number of hydrogen-bond acceptors (Lipinski definition) is 6. The molecule has 0 radical (unpaired) electrons. The zero-order valence-electron chi connectivity index (χ0n) is 13.3. The molecule has 2 heterocycles. The van der Waals surface area contributed by atoms with E-state index in [-0.39, 0.29) is 17.7 Å². The van der Waals surface area contributed by atoms with Crippen LogP contribution in [0.15, 0.2) is 28.0 Å². The van der Waals surface area contributed by atoms with Crippen LogP contribution in [0.5, 0.6) is 0 Å². The monoisotopic (exact) mass is 349 g/mol. The average molecular weight is 349 g/mol. The second-order valence-electron chi connectivity index (χ2n) is 5.63. The van der Waals surface area contributed by atoms with Crippen molar-refractivity contribution in [1.82, 2.24) is 25.4 Å². The van der Waals surface area contributed by atoms with Gasteiger partial charge < -0.3 is 14.3 Å². The van der Waals surface area contributed by atoms with Crippen LogP contribution in [-0.4, -0.2) is 38.5 Å².